The lowest BCUT2D eigenvalue weighted by Gasteiger charge is -2.18. The third-order valence-electron chi connectivity index (χ3n) is 3.60. The van der Waals surface area contributed by atoms with Crippen molar-refractivity contribution < 1.29 is 0 Å². The standard InChI is InChI=1S/C17H21Br2NS/c1-4-20-15(14-10-16(18)21-17(14)19)9-12-5-7-13(8-6-12)11(2)3/h5-8,10-11,15,20H,4,9H2,1-3H3. The number of hydrogen-bond donors (Lipinski definition) is 1. The predicted molar refractivity (Wildman–Crippen MR) is 100 cm³/mol. The molecule has 0 fully saturated rings. The van der Waals surface area contributed by atoms with E-state index < -0.39 is 0 Å². The van der Waals surface area contributed by atoms with Gasteiger partial charge in [-0.2, -0.15) is 0 Å². The maximum Gasteiger partial charge on any atom is 0.0758 e. The Labute approximate surface area is 148 Å². The van der Waals surface area contributed by atoms with Crippen molar-refractivity contribution in [2.24, 2.45) is 0 Å². The van der Waals surface area contributed by atoms with Gasteiger partial charge in [-0.25, -0.2) is 0 Å². The molecule has 1 atom stereocenters. The zero-order valence-electron chi connectivity index (χ0n) is 12.6. The van der Waals surface area contributed by atoms with Gasteiger partial charge < -0.3 is 5.32 Å². The molecule has 0 aliphatic heterocycles. The molecular weight excluding hydrogens is 410 g/mol. The number of rotatable bonds is 6. The number of benzene rings is 1. The van der Waals surface area contributed by atoms with Gasteiger partial charge in [-0.15, -0.1) is 11.3 Å². The number of likely N-dealkylation sites (N-methyl/N-ethyl adjacent to an activating group) is 1. The molecule has 4 heteroatoms. The van der Waals surface area contributed by atoms with Crippen LogP contribution in [0.5, 0.6) is 0 Å². The van der Waals surface area contributed by atoms with Crippen LogP contribution in [0.15, 0.2) is 37.9 Å². The minimum absolute atomic E-state index is 0.344. The number of thiophene rings is 1. The first-order chi connectivity index (χ1) is 10.0. The molecule has 0 saturated carbocycles. The molecule has 21 heavy (non-hydrogen) atoms. The average molecular weight is 431 g/mol. The molecule has 1 aromatic heterocycles. The molecule has 1 unspecified atom stereocenters. The summed E-state index contributed by atoms with van der Waals surface area (Å²) >= 11 is 8.99. The lowest BCUT2D eigenvalue weighted by Crippen LogP contribution is -2.22. The zero-order chi connectivity index (χ0) is 15.4. The van der Waals surface area contributed by atoms with Crippen molar-refractivity contribution in [1.29, 1.82) is 0 Å². The van der Waals surface area contributed by atoms with Gasteiger partial charge in [-0.3, -0.25) is 0 Å². The highest BCUT2D eigenvalue weighted by atomic mass is 79.9. The van der Waals surface area contributed by atoms with Crippen molar-refractivity contribution in [3.05, 3.63) is 54.6 Å². The SMILES string of the molecule is CCNC(Cc1ccc(C(C)C)cc1)c1cc(Br)sc1Br. The van der Waals surface area contributed by atoms with E-state index in [1.165, 1.54) is 24.3 Å². The molecule has 0 radical (unpaired) electrons. The van der Waals surface area contributed by atoms with Crippen LogP contribution >= 0.6 is 43.2 Å². The highest BCUT2D eigenvalue weighted by Crippen LogP contribution is 2.36. The fourth-order valence-corrected chi connectivity index (χ4v) is 5.38. The molecule has 114 valence electrons. The summed E-state index contributed by atoms with van der Waals surface area (Å²) in [5.74, 6) is 0.589. The third-order valence-corrected chi connectivity index (χ3v) is 5.98. The second-order valence-corrected chi connectivity index (χ2v) is 9.24. The Hall–Kier alpha value is -0.160. The fraction of sp³-hybridized carbons (Fsp3) is 0.412. The Morgan fingerprint density at radius 3 is 2.29 bits per heavy atom. The van der Waals surface area contributed by atoms with Crippen molar-refractivity contribution in [3.63, 3.8) is 0 Å². The lowest BCUT2D eigenvalue weighted by molar-refractivity contribution is 0.549. The maximum absolute atomic E-state index is 3.68. The van der Waals surface area contributed by atoms with Crippen LogP contribution < -0.4 is 5.32 Å². The molecule has 2 rings (SSSR count). The minimum Gasteiger partial charge on any atom is -0.310 e. The van der Waals surface area contributed by atoms with E-state index in [4.69, 9.17) is 0 Å². The Balaban J connectivity index is 2.18. The average Bonchev–Trinajstić information content (AvgIpc) is 2.78. The molecule has 0 bridgehead atoms. The van der Waals surface area contributed by atoms with Crippen LogP contribution in [0, 0.1) is 0 Å². The first-order valence-corrected chi connectivity index (χ1v) is 9.68. The van der Waals surface area contributed by atoms with E-state index >= 15 is 0 Å². The number of halogens is 2. The van der Waals surface area contributed by atoms with Crippen LogP contribution in [0.4, 0.5) is 0 Å². The molecule has 0 amide bonds. The van der Waals surface area contributed by atoms with E-state index in [1.807, 2.05) is 0 Å². The van der Waals surface area contributed by atoms with Crippen LogP contribution in [0.25, 0.3) is 0 Å². The Bertz CT molecular complexity index is 575. The van der Waals surface area contributed by atoms with Crippen LogP contribution in [0.3, 0.4) is 0 Å². The minimum atomic E-state index is 0.344. The van der Waals surface area contributed by atoms with Crippen molar-refractivity contribution in [2.45, 2.75) is 39.2 Å². The number of nitrogens with one attached hydrogen (secondary N) is 1. The molecule has 0 aliphatic rings. The lowest BCUT2D eigenvalue weighted by atomic mass is 9.97. The van der Waals surface area contributed by atoms with E-state index in [9.17, 15) is 0 Å². The number of hydrogen-bond acceptors (Lipinski definition) is 2. The largest absolute Gasteiger partial charge is 0.310 e. The van der Waals surface area contributed by atoms with Gasteiger partial charge in [0, 0.05) is 6.04 Å². The predicted octanol–water partition coefficient (Wildman–Crippen LogP) is 6.29. The molecule has 0 aliphatic carbocycles. The summed E-state index contributed by atoms with van der Waals surface area (Å²) in [6.45, 7) is 7.59. The third kappa shape index (κ3) is 4.65. The molecule has 1 N–H and O–H groups in total. The summed E-state index contributed by atoms with van der Waals surface area (Å²) < 4.78 is 2.38. The van der Waals surface area contributed by atoms with E-state index in [0.717, 1.165) is 13.0 Å². The van der Waals surface area contributed by atoms with Crippen LogP contribution in [-0.4, -0.2) is 6.54 Å². The van der Waals surface area contributed by atoms with Gasteiger partial charge in [0.25, 0.3) is 0 Å². The van der Waals surface area contributed by atoms with Crippen molar-refractivity contribution >= 4 is 43.2 Å². The molecule has 2 aromatic rings. The second kappa shape index (κ2) is 7.91. The molecule has 0 saturated heterocycles. The molecular formula is C17H21Br2NS. The summed E-state index contributed by atoms with van der Waals surface area (Å²) in [6, 6.07) is 11.6. The van der Waals surface area contributed by atoms with Gasteiger partial charge >= 0.3 is 0 Å². The first-order valence-electron chi connectivity index (χ1n) is 7.28. The summed E-state index contributed by atoms with van der Waals surface area (Å²) in [6.07, 6.45) is 1.01. The molecule has 1 nitrogen and oxygen atoms in total. The van der Waals surface area contributed by atoms with E-state index in [2.05, 4.69) is 88.3 Å². The van der Waals surface area contributed by atoms with E-state index in [-0.39, 0.29) is 0 Å². The molecule has 1 aromatic carbocycles. The summed E-state index contributed by atoms with van der Waals surface area (Å²) in [5, 5.41) is 3.59. The quantitative estimate of drug-likeness (QED) is 0.567. The van der Waals surface area contributed by atoms with Crippen molar-refractivity contribution in [3.8, 4) is 0 Å². The maximum atomic E-state index is 3.68. The van der Waals surface area contributed by atoms with Gasteiger partial charge in [-0.05, 0) is 73.5 Å². The van der Waals surface area contributed by atoms with Crippen LogP contribution in [-0.2, 0) is 6.42 Å². The topological polar surface area (TPSA) is 12.0 Å². The zero-order valence-corrected chi connectivity index (χ0v) is 16.6. The molecule has 1 heterocycles. The molecule has 0 spiro atoms. The summed E-state index contributed by atoms with van der Waals surface area (Å²) in [7, 11) is 0. The highest BCUT2D eigenvalue weighted by Gasteiger charge is 2.17. The van der Waals surface area contributed by atoms with E-state index in [1.54, 1.807) is 11.3 Å². The van der Waals surface area contributed by atoms with E-state index in [0.29, 0.717) is 12.0 Å². The van der Waals surface area contributed by atoms with Crippen LogP contribution in [0.2, 0.25) is 0 Å². The summed E-state index contributed by atoms with van der Waals surface area (Å²) in [4.78, 5) is 0. The van der Waals surface area contributed by atoms with Crippen LogP contribution in [0.1, 0.15) is 49.4 Å². The summed E-state index contributed by atoms with van der Waals surface area (Å²) in [5.41, 5.74) is 4.11. The van der Waals surface area contributed by atoms with Crippen molar-refractivity contribution in [1.82, 2.24) is 5.32 Å². The Morgan fingerprint density at radius 2 is 1.81 bits per heavy atom. The van der Waals surface area contributed by atoms with Gasteiger partial charge in [-0.1, -0.05) is 45.0 Å². The van der Waals surface area contributed by atoms with Crippen molar-refractivity contribution in [2.75, 3.05) is 6.54 Å². The Morgan fingerprint density at radius 1 is 1.14 bits per heavy atom. The second-order valence-electron chi connectivity index (χ2n) is 5.49. The van der Waals surface area contributed by atoms with Gasteiger partial charge in [0.05, 0.1) is 7.57 Å². The fourth-order valence-electron chi connectivity index (χ4n) is 2.40. The first kappa shape index (κ1) is 17.2. The normalized spacial score (nSPS) is 12.9. The monoisotopic (exact) mass is 429 g/mol. The van der Waals surface area contributed by atoms with Gasteiger partial charge in [0.1, 0.15) is 0 Å². The Kier molecular flexibility index (Phi) is 6.48. The van der Waals surface area contributed by atoms with Gasteiger partial charge in [0.2, 0.25) is 0 Å². The smallest absolute Gasteiger partial charge is 0.0758 e. The van der Waals surface area contributed by atoms with Gasteiger partial charge in [0.15, 0.2) is 0 Å². The highest BCUT2D eigenvalue weighted by molar-refractivity contribution is 9.12.